The van der Waals surface area contributed by atoms with E-state index in [9.17, 15) is 20.1 Å². The molecule has 0 aliphatic rings. The van der Waals surface area contributed by atoms with Gasteiger partial charge in [0.05, 0.1) is 18.8 Å². The maximum atomic E-state index is 12.5. The zero-order chi connectivity index (χ0) is 42.3. The van der Waals surface area contributed by atoms with Gasteiger partial charge in [-0.05, 0) is 38.5 Å². The topological polar surface area (TPSA) is 89.8 Å². The molecule has 0 aromatic carbocycles. The summed E-state index contributed by atoms with van der Waals surface area (Å²) in [7, 11) is 0. The zero-order valence-corrected chi connectivity index (χ0v) is 39.5. The maximum absolute atomic E-state index is 12.5. The van der Waals surface area contributed by atoms with E-state index < -0.39 is 18.2 Å². The standard InChI is InChI=1S/C53H105NO4/c1-3-5-7-9-11-13-15-17-19-21-22-23-24-25-26-27-28-29-30-31-32-34-36-38-40-42-44-46-48-52(57)54-50(49-55)53(58)51(56)47-45-43-41-39-37-35-33-20-18-16-14-12-10-8-6-4-2/h39,41,50-51,53,55-56,58H,3-38,40,42-49H2,1-2H3,(H,54,57)/b41-39+. The first-order valence-corrected chi connectivity index (χ1v) is 26.5. The van der Waals surface area contributed by atoms with E-state index >= 15 is 0 Å². The molecule has 0 aliphatic heterocycles. The third kappa shape index (κ3) is 43.2. The van der Waals surface area contributed by atoms with Gasteiger partial charge in [-0.2, -0.15) is 0 Å². The van der Waals surface area contributed by atoms with Crippen molar-refractivity contribution in [2.45, 2.75) is 315 Å². The predicted molar refractivity (Wildman–Crippen MR) is 255 cm³/mol. The fourth-order valence-corrected chi connectivity index (χ4v) is 8.52. The van der Waals surface area contributed by atoms with E-state index in [-0.39, 0.29) is 12.5 Å². The van der Waals surface area contributed by atoms with Crippen LogP contribution in [0.2, 0.25) is 0 Å². The number of amides is 1. The highest BCUT2D eigenvalue weighted by Crippen LogP contribution is 2.18. The average molecular weight is 820 g/mol. The van der Waals surface area contributed by atoms with Gasteiger partial charge in [0.25, 0.3) is 0 Å². The predicted octanol–water partition coefficient (Wildman–Crippen LogP) is 15.9. The molecular weight excluding hydrogens is 715 g/mol. The molecule has 0 aromatic heterocycles. The minimum atomic E-state index is -1.15. The summed E-state index contributed by atoms with van der Waals surface area (Å²) in [6, 6.07) is -0.821. The molecule has 0 aromatic rings. The van der Waals surface area contributed by atoms with Crippen molar-refractivity contribution >= 4 is 5.91 Å². The van der Waals surface area contributed by atoms with Crippen molar-refractivity contribution < 1.29 is 20.1 Å². The summed E-state index contributed by atoms with van der Waals surface area (Å²) >= 11 is 0. The highest BCUT2D eigenvalue weighted by molar-refractivity contribution is 5.76. The Bertz CT molecular complexity index is 818. The second kappa shape index (κ2) is 48.8. The smallest absolute Gasteiger partial charge is 0.220 e. The molecule has 0 rings (SSSR count). The molecule has 0 bridgehead atoms. The highest BCUT2D eigenvalue weighted by Gasteiger charge is 2.26. The maximum Gasteiger partial charge on any atom is 0.220 e. The molecule has 4 N–H and O–H groups in total. The molecule has 0 spiro atoms. The lowest BCUT2D eigenvalue weighted by atomic mass is 10.0. The van der Waals surface area contributed by atoms with Crippen LogP contribution in [0.5, 0.6) is 0 Å². The van der Waals surface area contributed by atoms with E-state index in [1.54, 1.807) is 0 Å². The van der Waals surface area contributed by atoms with Crippen LogP contribution in [0.4, 0.5) is 0 Å². The quantitative estimate of drug-likeness (QED) is 0.0364. The Morgan fingerprint density at radius 3 is 1.00 bits per heavy atom. The number of hydrogen-bond donors (Lipinski definition) is 4. The number of rotatable bonds is 49. The average Bonchev–Trinajstić information content (AvgIpc) is 3.23. The number of hydrogen-bond acceptors (Lipinski definition) is 4. The van der Waals surface area contributed by atoms with Crippen LogP contribution in [0.25, 0.3) is 0 Å². The van der Waals surface area contributed by atoms with Crippen LogP contribution in [0.15, 0.2) is 12.2 Å². The van der Waals surface area contributed by atoms with Crippen LogP contribution in [0.1, 0.15) is 296 Å². The molecule has 3 atom stereocenters. The Morgan fingerprint density at radius 2 is 0.690 bits per heavy atom. The van der Waals surface area contributed by atoms with E-state index in [0.29, 0.717) is 12.8 Å². The molecule has 0 aliphatic carbocycles. The van der Waals surface area contributed by atoms with Crippen molar-refractivity contribution in [3.05, 3.63) is 12.2 Å². The summed E-state index contributed by atoms with van der Waals surface area (Å²) in [4.78, 5) is 12.5. The Morgan fingerprint density at radius 1 is 0.414 bits per heavy atom. The molecule has 1 amide bonds. The first-order chi connectivity index (χ1) is 28.6. The van der Waals surface area contributed by atoms with Crippen LogP contribution in [0.3, 0.4) is 0 Å². The first kappa shape index (κ1) is 57.1. The van der Waals surface area contributed by atoms with E-state index in [1.165, 1.54) is 231 Å². The number of unbranched alkanes of at least 4 members (excludes halogenated alkanes) is 39. The van der Waals surface area contributed by atoms with Gasteiger partial charge < -0.3 is 20.6 Å². The van der Waals surface area contributed by atoms with Gasteiger partial charge in [0, 0.05) is 6.42 Å². The normalized spacial score (nSPS) is 13.4. The lowest BCUT2D eigenvalue weighted by Crippen LogP contribution is -2.50. The van der Waals surface area contributed by atoms with Gasteiger partial charge in [0.1, 0.15) is 6.10 Å². The molecule has 5 heteroatoms. The van der Waals surface area contributed by atoms with Gasteiger partial charge in [0.2, 0.25) is 5.91 Å². The fourth-order valence-electron chi connectivity index (χ4n) is 8.52. The lowest BCUT2D eigenvalue weighted by Gasteiger charge is -2.26. The second-order valence-corrected chi connectivity index (χ2v) is 18.4. The molecule has 58 heavy (non-hydrogen) atoms. The molecular formula is C53H105NO4. The molecule has 3 unspecified atom stereocenters. The summed E-state index contributed by atoms with van der Waals surface area (Å²) in [5.41, 5.74) is 0. The number of carbonyl (C=O) groups is 1. The third-order valence-corrected chi connectivity index (χ3v) is 12.6. The minimum Gasteiger partial charge on any atom is -0.394 e. The van der Waals surface area contributed by atoms with Gasteiger partial charge >= 0.3 is 0 Å². The number of aliphatic hydroxyl groups excluding tert-OH is 3. The Hall–Kier alpha value is -0.910. The summed E-state index contributed by atoms with van der Waals surface area (Å²) in [6.07, 6.45) is 59.3. The van der Waals surface area contributed by atoms with Crippen molar-refractivity contribution in [2.75, 3.05) is 6.61 Å². The van der Waals surface area contributed by atoms with Crippen LogP contribution >= 0.6 is 0 Å². The molecule has 5 nitrogen and oxygen atoms in total. The molecule has 0 radical (unpaired) electrons. The van der Waals surface area contributed by atoms with Crippen LogP contribution in [-0.2, 0) is 4.79 Å². The summed E-state index contributed by atoms with van der Waals surface area (Å²) in [5, 5.41) is 33.6. The minimum absolute atomic E-state index is 0.148. The monoisotopic (exact) mass is 820 g/mol. The Kier molecular flexibility index (Phi) is 48.0. The number of allylic oxidation sites excluding steroid dienone is 2. The van der Waals surface area contributed by atoms with Crippen molar-refractivity contribution in [3.63, 3.8) is 0 Å². The summed E-state index contributed by atoms with van der Waals surface area (Å²) in [6.45, 7) is 4.20. The SMILES string of the molecule is CCCCCCCCCCCCC/C=C/CCCC(O)C(O)C(CO)NC(=O)CCCCCCCCCCCCCCCCCCCCCCCCCCCCCC. The number of carbonyl (C=O) groups excluding carboxylic acids is 1. The number of nitrogens with one attached hydrogen (secondary N) is 1. The molecule has 0 saturated heterocycles. The van der Waals surface area contributed by atoms with E-state index in [1.807, 2.05) is 0 Å². The van der Waals surface area contributed by atoms with Gasteiger partial charge in [-0.15, -0.1) is 0 Å². The van der Waals surface area contributed by atoms with Gasteiger partial charge in [-0.1, -0.05) is 264 Å². The van der Waals surface area contributed by atoms with Crippen LogP contribution in [-0.4, -0.2) is 46.1 Å². The van der Waals surface area contributed by atoms with Crippen molar-refractivity contribution in [1.29, 1.82) is 0 Å². The lowest BCUT2D eigenvalue weighted by molar-refractivity contribution is -0.124. The Labute approximate surface area is 363 Å². The van der Waals surface area contributed by atoms with E-state index in [0.717, 1.165) is 38.5 Å². The van der Waals surface area contributed by atoms with Crippen molar-refractivity contribution in [3.8, 4) is 0 Å². The summed E-state index contributed by atoms with van der Waals surface area (Å²) in [5.74, 6) is -0.148. The Balaban J connectivity index is 3.51. The fraction of sp³-hybridized carbons (Fsp3) is 0.943. The van der Waals surface area contributed by atoms with Crippen LogP contribution < -0.4 is 5.32 Å². The van der Waals surface area contributed by atoms with Crippen LogP contribution in [0, 0.1) is 0 Å². The third-order valence-electron chi connectivity index (χ3n) is 12.6. The van der Waals surface area contributed by atoms with Crippen molar-refractivity contribution in [1.82, 2.24) is 5.32 Å². The molecule has 0 heterocycles. The number of aliphatic hydroxyl groups is 3. The molecule has 346 valence electrons. The summed E-state index contributed by atoms with van der Waals surface area (Å²) < 4.78 is 0. The van der Waals surface area contributed by atoms with E-state index in [2.05, 4.69) is 31.3 Å². The van der Waals surface area contributed by atoms with Gasteiger partial charge in [-0.3, -0.25) is 4.79 Å². The van der Waals surface area contributed by atoms with E-state index in [4.69, 9.17) is 0 Å². The van der Waals surface area contributed by atoms with Crippen molar-refractivity contribution in [2.24, 2.45) is 0 Å². The molecule has 0 fully saturated rings. The van der Waals surface area contributed by atoms with Gasteiger partial charge in [0.15, 0.2) is 0 Å². The highest BCUT2D eigenvalue weighted by atomic mass is 16.3. The first-order valence-electron chi connectivity index (χ1n) is 26.5. The second-order valence-electron chi connectivity index (χ2n) is 18.4. The largest absolute Gasteiger partial charge is 0.394 e. The molecule has 0 saturated carbocycles. The van der Waals surface area contributed by atoms with Gasteiger partial charge in [-0.25, -0.2) is 0 Å². The zero-order valence-electron chi connectivity index (χ0n) is 39.5.